The number of ether oxygens (including phenoxy) is 3. The van der Waals surface area contributed by atoms with Gasteiger partial charge >= 0.3 is 7.82 Å². The lowest BCUT2D eigenvalue weighted by atomic mass is 10.3. The quantitative estimate of drug-likeness (QED) is 0.143. The van der Waals surface area contributed by atoms with Gasteiger partial charge < -0.3 is 14.2 Å². The van der Waals surface area contributed by atoms with Gasteiger partial charge in [-0.2, -0.15) is 15.5 Å². The standard InChI is InChI=1S/C21H24Cl3N6O7P/c1-32-19-7-4-13(22)10-16(19)28(25)35-38(31,36-29(26)17-11-14(23)5-8-20(17)33-2)37-30(27)18-12-15(24)6-9-21(18)34-3/h4-12H,25-27H2,1-3H3. The van der Waals surface area contributed by atoms with Gasteiger partial charge in [-0.3, -0.25) is 0 Å². The zero-order chi connectivity index (χ0) is 28.0. The molecule has 0 aliphatic carbocycles. The van der Waals surface area contributed by atoms with Gasteiger partial charge in [-0.15, -0.1) is 13.9 Å². The lowest BCUT2D eigenvalue weighted by molar-refractivity contribution is 0.0849. The van der Waals surface area contributed by atoms with Crippen molar-refractivity contribution in [2.24, 2.45) is 17.5 Å². The number of nitrogens with two attached hydrogens (primary N) is 3. The van der Waals surface area contributed by atoms with Crippen LogP contribution in [0.15, 0.2) is 54.6 Å². The predicted octanol–water partition coefficient (Wildman–Crippen LogP) is 5.02. The topological polar surface area (TPSA) is 160 Å². The molecule has 0 bridgehead atoms. The van der Waals surface area contributed by atoms with E-state index in [9.17, 15) is 4.57 Å². The number of anilines is 3. The number of hydrazine groups is 3. The first-order valence-electron chi connectivity index (χ1n) is 10.3. The molecule has 6 N–H and O–H groups in total. The van der Waals surface area contributed by atoms with E-state index in [1.165, 1.54) is 57.7 Å². The van der Waals surface area contributed by atoms with Crippen molar-refractivity contribution in [3.63, 3.8) is 0 Å². The van der Waals surface area contributed by atoms with Gasteiger partial charge in [0.2, 0.25) is 0 Å². The second kappa shape index (κ2) is 12.9. The van der Waals surface area contributed by atoms with E-state index in [1.54, 1.807) is 18.2 Å². The van der Waals surface area contributed by atoms with E-state index in [1.807, 2.05) is 0 Å². The molecule has 38 heavy (non-hydrogen) atoms. The molecule has 17 heteroatoms. The number of benzene rings is 3. The summed E-state index contributed by atoms with van der Waals surface area (Å²) in [6.45, 7) is 0. The lowest BCUT2D eigenvalue weighted by Crippen LogP contribution is -2.38. The number of hydrogen-bond acceptors (Lipinski definition) is 13. The highest BCUT2D eigenvalue weighted by Crippen LogP contribution is 2.54. The Morgan fingerprint density at radius 3 is 1.08 bits per heavy atom. The fourth-order valence-corrected chi connectivity index (χ4v) is 4.50. The van der Waals surface area contributed by atoms with Gasteiger partial charge in [0.25, 0.3) is 0 Å². The van der Waals surface area contributed by atoms with Gasteiger partial charge in [-0.05, 0) is 54.6 Å². The first-order valence-corrected chi connectivity index (χ1v) is 12.9. The number of halogens is 3. The SMILES string of the molecule is COc1ccc(Cl)cc1N(N)OP(=O)(ON(N)c1cc(Cl)ccc1OC)ON(N)c1cc(Cl)ccc1OC. The molecule has 0 heterocycles. The molecule has 13 nitrogen and oxygen atoms in total. The highest BCUT2D eigenvalue weighted by Gasteiger charge is 2.39. The van der Waals surface area contributed by atoms with Crippen molar-refractivity contribution in [1.29, 1.82) is 0 Å². The van der Waals surface area contributed by atoms with E-state index in [2.05, 4.69) is 0 Å². The van der Waals surface area contributed by atoms with Crippen molar-refractivity contribution >= 4 is 59.7 Å². The summed E-state index contributed by atoms with van der Waals surface area (Å²) in [6.07, 6.45) is 0. The number of rotatable bonds is 12. The van der Waals surface area contributed by atoms with Crippen molar-refractivity contribution in [3.05, 3.63) is 69.7 Å². The van der Waals surface area contributed by atoms with Gasteiger partial charge in [-0.1, -0.05) is 34.8 Å². The summed E-state index contributed by atoms with van der Waals surface area (Å²) >= 11 is 18.2. The van der Waals surface area contributed by atoms with Crippen LogP contribution >= 0.6 is 42.6 Å². The molecule has 0 aromatic heterocycles. The molecule has 0 spiro atoms. The van der Waals surface area contributed by atoms with E-state index in [4.69, 9.17) is 80.4 Å². The third kappa shape index (κ3) is 7.24. The van der Waals surface area contributed by atoms with Crippen LogP contribution in [0.3, 0.4) is 0 Å². The predicted molar refractivity (Wildman–Crippen MR) is 145 cm³/mol. The van der Waals surface area contributed by atoms with Crippen LogP contribution in [0.2, 0.25) is 15.1 Å². The first-order chi connectivity index (χ1) is 18.0. The Balaban J connectivity index is 2.01. The summed E-state index contributed by atoms with van der Waals surface area (Å²) in [7, 11) is -0.767. The van der Waals surface area contributed by atoms with Crippen molar-refractivity contribution in [1.82, 2.24) is 0 Å². The van der Waals surface area contributed by atoms with E-state index >= 15 is 0 Å². The van der Waals surface area contributed by atoms with Gasteiger partial charge in [0.15, 0.2) is 0 Å². The summed E-state index contributed by atoms with van der Waals surface area (Å²) in [5.74, 6) is 18.8. The minimum atomic E-state index is -4.91. The highest BCUT2D eigenvalue weighted by molar-refractivity contribution is 7.48. The van der Waals surface area contributed by atoms with Gasteiger partial charge in [0.05, 0.1) is 21.3 Å². The van der Waals surface area contributed by atoms with Crippen LogP contribution in [0, 0.1) is 0 Å². The maximum atomic E-state index is 14.0. The third-order valence-electron chi connectivity index (χ3n) is 4.70. The van der Waals surface area contributed by atoms with Crippen LogP contribution in [0.4, 0.5) is 17.1 Å². The van der Waals surface area contributed by atoms with E-state index < -0.39 is 7.82 Å². The van der Waals surface area contributed by atoms with Crippen LogP contribution in [-0.2, 0) is 18.4 Å². The smallest absolute Gasteiger partial charge is 0.494 e. The second-order valence-electron chi connectivity index (χ2n) is 7.12. The largest absolute Gasteiger partial charge is 0.543 e. The van der Waals surface area contributed by atoms with Gasteiger partial charge in [0, 0.05) is 15.1 Å². The Labute approximate surface area is 233 Å². The Kier molecular flexibility index (Phi) is 10.2. The van der Waals surface area contributed by atoms with Crippen molar-refractivity contribution < 1.29 is 32.6 Å². The van der Waals surface area contributed by atoms with Gasteiger partial charge in [0.1, 0.15) is 34.3 Å². The maximum Gasteiger partial charge on any atom is 0.543 e. The molecule has 0 atom stereocenters. The highest BCUT2D eigenvalue weighted by atomic mass is 35.5. The normalized spacial score (nSPS) is 11.2. The summed E-state index contributed by atoms with van der Waals surface area (Å²) in [6, 6.07) is 13.3. The molecule has 3 aromatic carbocycles. The third-order valence-corrected chi connectivity index (χ3v) is 6.53. The molecule has 0 saturated heterocycles. The molecule has 0 aliphatic rings. The van der Waals surface area contributed by atoms with Crippen LogP contribution in [0.5, 0.6) is 17.2 Å². The zero-order valence-electron chi connectivity index (χ0n) is 20.2. The lowest BCUT2D eigenvalue weighted by Gasteiger charge is -2.30. The van der Waals surface area contributed by atoms with E-state index in [0.717, 1.165) is 0 Å². The van der Waals surface area contributed by atoms with Gasteiger partial charge in [-0.25, -0.2) is 22.1 Å². The first kappa shape index (κ1) is 29.9. The summed E-state index contributed by atoms with van der Waals surface area (Å²) in [4.78, 5) is 0. The van der Waals surface area contributed by atoms with E-state index in [-0.39, 0.29) is 49.4 Å². The van der Waals surface area contributed by atoms with Crippen molar-refractivity contribution in [2.45, 2.75) is 0 Å². The molecule has 0 radical (unpaired) electrons. The fraction of sp³-hybridized carbons (Fsp3) is 0.143. The molecule has 0 fully saturated rings. The molecule has 0 saturated carbocycles. The summed E-state index contributed by atoms with van der Waals surface area (Å²) < 4.78 is 46.0. The van der Waals surface area contributed by atoms with Crippen molar-refractivity contribution in [2.75, 3.05) is 36.8 Å². The average molecular weight is 610 g/mol. The number of nitrogens with zero attached hydrogens (tertiary/aromatic N) is 3. The molecule has 0 aliphatic heterocycles. The van der Waals surface area contributed by atoms with E-state index in [0.29, 0.717) is 15.5 Å². The molecule has 0 amide bonds. The van der Waals surface area contributed by atoms with Crippen LogP contribution in [-0.4, -0.2) is 21.3 Å². The number of phosphoric acid groups is 1. The number of hydrogen-bond donors (Lipinski definition) is 3. The average Bonchev–Trinajstić information content (AvgIpc) is 2.88. The molecule has 3 rings (SSSR count). The second-order valence-corrected chi connectivity index (χ2v) is 9.81. The molecule has 0 unspecified atom stereocenters. The summed E-state index contributed by atoms with van der Waals surface area (Å²) in [5, 5.41) is 2.46. The Hall–Kier alpha value is -2.68. The molecular weight excluding hydrogens is 586 g/mol. The van der Waals surface area contributed by atoms with Crippen LogP contribution < -0.4 is 47.3 Å². The minimum absolute atomic E-state index is 0.0558. The molecule has 3 aromatic rings. The zero-order valence-corrected chi connectivity index (χ0v) is 23.4. The Bertz CT molecular complexity index is 1170. The fourth-order valence-electron chi connectivity index (χ4n) is 3.01. The Morgan fingerprint density at radius 2 is 0.842 bits per heavy atom. The van der Waals surface area contributed by atoms with Crippen LogP contribution in [0.1, 0.15) is 0 Å². The Morgan fingerprint density at radius 1 is 0.579 bits per heavy atom. The summed E-state index contributed by atoms with van der Waals surface area (Å²) in [5.41, 5.74) is 0.167. The monoisotopic (exact) mass is 608 g/mol. The van der Waals surface area contributed by atoms with Crippen LogP contribution in [0.25, 0.3) is 0 Å². The molecule has 206 valence electrons. The van der Waals surface area contributed by atoms with Crippen molar-refractivity contribution in [3.8, 4) is 17.2 Å². The maximum absolute atomic E-state index is 14.0. The number of methoxy groups -OCH3 is 3. The molecular formula is C21H24Cl3N6O7P. The minimum Gasteiger partial charge on any atom is -0.494 e.